The number of hydrogen-bond donors (Lipinski definition) is 3. The molecule has 0 aliphatic rings. The number of amides is 1. The molecule has 1 aromatic rings. The molecule has 0 heterocycles. The van der Waals surface area contributed by atoms with Gasteiger partial charge in [-0.05, 0) is 34.9 Å². The van der Waals surface area contributed by atoms with Crippen LogP contribution in [-0.2, 0) is 20.8 Å². The summed E-state index contributed by atoms with van der Waals surface area (Å²) in [6.07, 6.45) is 0.178. The molecule has 1 rings (SSSR count). The summed E-state index contributed by atoms with van der Waals surface area (Å²) < 4.78 is 0. The Kier molecular flexibility index (Phi) is 7.76. The highest BCUT2D eigenvalue weighted by molar-refractivity contribution is 5.82. The third kappa shape index (κ3) is 5.84. The average Bonchev–Trinajstić information content (AvgIpc) is 2.50. The van der Waals surface area contributed by atoms with Crippen LogP contribution in [0.4, 0.5) is 0 Å². The smallest absolute Gasteiger partial charge is 0.317 e. The van der Waals surface area contributed by atoms with Crippen LogP contribution < -0.4 is 5.73 Å². The quantitative estimate of drug-likeness (QED) is 0.582. The molecule has 0 aliphatic carbocycles. The Morgan fingerprint density at radius 3 is 1.69 bits per heavy atom. The van der Waals surface area contributed by atoms with Gasteiger partial charge < -0.3 is 15.9 Å². The van der Waals surface area contributed by atoms with Crippen LogP contribution >= 0.6 is 0 Å². The second kappa shape index (κ2) is 9.33. The number of nitrogens with zero attached hydrogens (tertiary/aromatic N) is 1. The summed E-state index contributed by atoms with van der Waals surface area (Å²) in [5, 5.41) is 18.2. The van der Waals surface area contributed by atoms with Crippen LogP contribution in [0.1, 0.15) is 56.2 Å². The van der Waals surface area contributed by atoms with Crippen LogP contribution in [0, 0.1) is 0 Å². The zero-order valence-corrected chi connectivity index (χ0v) is 15.7. The summed E-state index contributed by atoms with van der Waals surface area (Å²) in [4.78, 5) is 35.4. The fraction of sp³-hybridized carbons (Fsp3) is 0.526. The van der Waals surface area contributed by atoms with Gasteiger partial charge >= 0.3 is 11.9 Å². The van der Waals surface area contributed by atoms with Gasteiger partial charge in [-0.3, -0.25) is 19.3 Å². The van der Waals surface area contributed by atoms with E-state index in [0.29, 0.717) is 0 Å². The van der Waals surface area contributed by atoms with Gasteiger partial charge in [-0.15, -0.1) is 0 Å². The van der Waals surface area contributed by atoms with E-state index in [1.807, 2.05) is 45.9 Å². The monoisotopic (exact) mass is 364 g/mol. The Balaban J connectivity index is 3.38. The highest BCUT2D eigenvalue weighted by Gasteiger charge is 2.30. The van der Waals surface area contributed by atoms with Gasteiger partial charge in [0.15, 0.2) is 0 Å². The van der Waals surface area contributed by atoms with Gasteiger partial charge in [0.05, 0.1) is 19.1 Å². The lowest BCUT2D eigenvalue weighted by Crippen LogP contribution is -2.50. The van der Waals surface area contributed by atoms with Crippen LogP contribution in [-0.4, -0.2) is 52.1 Å². The van der Waals surface area contributed by atoms with Gasteiger partial charge in [0.25, 0.3) is 0 Å². The third-order valence-electron chi connectivity index (χ3n) is 4.34. The molecule has 0 fully saturated rings. The number of carbonyl (C=O) groups excluding carboxylic acids is 1. The molecule has 7 nitrogen and oxygen atoms in total. The lowest BCUT2D eigenvalue weighted by atomic mass is 9.85. The molecule has 0 bridgehead atoms. The lowest BCUT2D eigenvalue weighted by molar-refractivity contribution is -0.143. The number of benzene rings is 1. The minimum atomic E-state index is -1.21. The maximum atomic E-state index is 12.1. The zero-order chi connectivity index (χ0) is 20.0. The molecular formula is C19H28N2O5. The van der Waals surface area contributed by atoms with Crippen molar-refractivity contribution < 1.29 is 24.6 Å². The van der Waals surface area contributed by atoms with Crippen molar-refractivity contribution in [3.63, 3.8) is 0 Å². The van der Waals surface area contributed by atoms with E-state index in [1.54, 1.807) is 0 Å². The standard InChI is InChI=1S/C19H28N2O5/c1-11(2)13-6-5-7-14(12(3)4)15(13)8-16(19(20)26)21(9-17(22)23)10-18(24)25/h5-7,11-12,16H,8-10H2,1-4H3,(H2,20,26)(H,22,23)(H,24,25). The number of carbonyl (C=O) groups is 3. The Morgan fingerprint density at radius 2 is 1.38 bits per heavy atom. The first-order chi connectivity index (χ1) is 12.0. The fourth-order valence-electron chi connectivity index (χ4n) is 3.17. The molecule has 0 saturated heterocycles. The summed E-state index contributed by atoms with van der Waals surface area (Å²) in [5.74, 6) is -2.76. The molecule has 144 valence electrons. The SMILES string of the molecule is CC(C)c1cccc(C(C)C)c1CC(C(N)=O)N(CC(=O)O)CC(=O)O. The summed E-state index contributed by atoms with van der Waals surface area (Å²) in [5.41, 5.74) is 8.55. The van der Waals surface area contributed by atoms with Crippen LogP contribution in [0.2, 0.25) is 0 Å². The Morgan fingerprint density at radius 1 is 0.962 bits per heavy atom. The van der Waals surface area contributed by atoms with E-state index < -0.39 is 37.0 Å². The molecule has 0 saturated carbocycles. The van der Waals surface area contributed by atoms with E-state index in [-0.39, 0.29) is 18.3 Å². The van der Waals surface area contributed by atoms with E-state index in [2.05, 4.69) is 0 Å². The van der Waals surface area contributed by atoms with Crippen LogP contribution in [0.3, 0.4) is 0 Å². The van der Waals surface area contributed by atoms with E-state index in [1.165, 1.54) is 0 Å². The Hall–Kier alpha value is -2.41. The maximum Gasteiger partial charge on any atom is 0.317 e. The summed E-state index contributed by atoms with van der Waals surface area (Å²) >= 11 is 0. The van der Waals surface area contributed by atoms with Gasteiger partial charge in [0.1, 0.15) is 0 Å². The highest BCUT2D eigenvalue weighted by Crippen LogP contribution is 2.29. The van der Waals surface area contributed by atoms with Crippen LogP contribution in [0.25, 0.3) is 0 Å². The normalized spacial score (nSPS) is 12.6. The molecule has 7 heteroatoms. The van der Waals surface area contributed by atoms with Crippen LogP contribution in [0.15, 0.2) is 18.2 Å². The van der Waals surface area contributed by atoms with Gasteiger partial charge in [-0.2, -0.15) is 0 Å². The predicted octanol–water partition coefficient (Wildman–Crippen LogP) is 1.80. The van der Waals surface area contributed by atoms with Crippen molar-refractivity contribution in [3.05, 3.63) is 34.9 Å². The first-order valence-electron chi connectivity index (χ1n) is 8.63. The first-order valence-corrected chi connectivity index (χ1v) is 8.63. The number of carboxylic acids is 2. The number of carboxylic acid groups (broad SMARTS) is 2. The molecule has 1 amide bonds. The molecule has 0 aromatic heterocycles. The highest BCUT2D eigenvalue weighted by atomic mass is 16.4. The Labute approximate surface area is 153 Å². The number of hydrogen-bond acceptors (Lipinski definition) is 4. The average molecular weight is 364 g/mol. The van der Waals surface area contributed by atoms with E-state index in [9.17, 15) is 14.4 Å². The van der Waals surface area contributed by atoms with Crippen molar-refractivity contribution in [2.75, 3.05) is 13.1 Å². The van der Waals surface area contributed by atoms with Gasteiger partial charge in [0.2, 0.25) is 5.91 Å². The maximum absolute atomic E-state index is 12.1. The third-order valence-corrected chi connectivity index (χ3v) is 4.34. The van der Waals surface area contributed by atoms with Crippen LogP contribution in [0.5, 0.6) is 0 Å². The predicted molar refractivity (Wildman–Crippen MR) is 98.2 cm³/mol. The number of primary amides is 1. The van der Waals surface area contributed by atoms with Gasteiger partial charge in [-0.25, -0.2) is 0 Å². The van der Waals surface area contributed by atoms with Crippen molar-refractivity contribution in [2.45, 2.75) is 52.0 Å². The van der Waals surface area contributed by atoms with Crippen molar-refractivity contribution in [1.29, 1.82) is 0 Å². The molecule has 0 radical (unpaired) electrons. The van der Waals surface area contributed by atoms with E-state index >= 15 is 0 Å². The van der Waals surface area contributed by atoms with E-state index in [0.717, 1.165) is 21.6 Å². The van der Waals surface area contributed by atoms with Crippen molar-refractivity contribution in [3.8, 4) is 0 Å². The molecule has 1 aromatic carbocycles. The molecule has 0 spiro atoms. The topological polar surface area (TPSA) is 121 Å². The van der Waals surface area contributed by atoms with Crippen molar-refractivity contribution in [2.24, 2.45) is 5.73 Å². The number of nitrogens with two attached hydrogens (primary N) is 1. The largest absolute Gasteiger partial charge is 0.480 e. The Bertz CT molecular complexity index is 628. The number of rotatable bonds is 10. The second-order valence-corrected chi connectivity index (χ2v) is 7.04. The summed E-state index contributed by atoms with van der Waals surface area (Å²) in [6.45, 7) is 7.01. The fourth-order valence-corrected chi connectivity index (χ4v) is 3.17. The molecular weight excluding hydrogens is 336 g/mol. The summed E-state index contributed by atoms with van der Waals surface area (Å²) in [6, 6.07) is 4.89. The van der Waals surface area contributed by atoms with Gasteiger partial charge in [-0.1, -0.05) is 45.9 Å². The van der Waals surface area contributed by atoms with E-state index in [4.69, 9.17) is 15.9 Å². The van der Waals surface area contributed by atoms with Crippen molar-refractivity contribution in [1.82, 2.24) is 4.90 Å². The molecule has 4 N–H and O–H groups in total. The second-order valence-electron chi connectivity index (χ2n) is 7.04. The summed E-state index contributed by atoms with van der Waals surface area (Å²) in [7, 11) is 0. The molecule has 0 aliphatic heterocycles. The van der Waals surface area contributed by atoms with Crippen molar-refractivity contribution >= 4 is 17.8 Å². The molecule has 1 unspecified atom stereocenters. The zero-order valence-electron chi connectivity index (χ0n) is 15.7. The minimum absolute atomic E-state index is 0.178. The van der Waals surface area contributed by atoms with Gasteiger partial charge in [0, 0.05) is 0 Å². The number of aliphatic carboxylic acids is 2. The minimum Gasteiger partial charge on any atom is -0.480 e. The first kappa shape index (κ1) is 21.6. The lowest BCUT2D eigenvalue weighted by Gasteiger charge is -2.29. The molecule has 26 heavy (non-hydrogen) atoms. The molecule has 1 atom stereocenters.